The van der Waals surface area contributed by atoms with Gasteiger partial charge < -0.3 is 25.0 Å². The van der Waals surface area contributed by atoms with Gasteiger partial charge in [-0.05, 0) is 18.2 Å². The largest absolute Gasteiger partial charge is 0.481 e. The van der Waals surface area contributed by atoms with E-state index in [4.69, 9.17) is 5.11 Å². The number of carboxylic acid groups (broad SMARTS) is 1. The number of pyridine rings is 1. The van der Waals surface area contributed by atoms with Crippen LogP contribution in [0.5, 0.6) is 5.88 Å². The molecule has 0 saturated carbocycles. The summed E-state index contributed by atoms with van der Waals surface area (Å²) in [6.07, 6.45) is 0.0315. The molecule has 0 aliphatic carbocycles. The number of rotatable bonds is 7. The molecule has 3 heterocycles. The van der Waals surface area contributed by atoms with Gasteiger partial charge in [0.05, 0.1) is 20.2 Å². The average molecular weight is 569 g/mol. The molecule has 210 valence electrons. The van der Waals surface area contributed by atoms with Crippen molar-refractivity contribution >= 4 is 36.9 Å². The molecule has 14 heteroatoms. The first-order valence-corrected chi connectivity index (χ1v) is 15.8. The fraction of sp³-hybridized carbons (Fsp3) is 0.440. The SMILES string of the molecule is C[Si](C)(C)c1c(F)cc(NC(=O)[C@H]2c3ccc(OC(F)F)nc3CCN2C(=O)N2CC(CC(=O)O)C2)cc1F. The highest BCUT2D eigenvalue weighted by Gasteiger charge is 2.42. The van der Waals surface area contributed by atoms with E-state index in [2.05, 4.69) is 15.0 Å². The van der Waals surface area contributed by atoms with E-state index < -0.39 is 50.3 Å². The predicted octanol–water partition coefficient (Wildman–Crippen LogP) is 3.57. The van der Waals surface area contributed by atoms with Gasteiger partial charge in [0.1, 0.15) is 17.7 Å². The summed E-state index contributed by atoms with van der Waals surface area (Å²) < 4.78 is 59.4. The maximum absolute atomic E-state index is 14.8. The van der Waals surface area contributed by atoms with Gasteiger partial charge in [-0.1, -0.05) is 19.6 Å². The summed E-state index contributed by atoms with van der Waals surface area (Å²) in [5.41, 5.74) is 0.361. The number of carbonyl (C=O) groups is 3. The third-order valence-electron chi connectivity index (χ3n) is 6.63. The first-order valence-electron chi connectivity index (χ1n) is 12.3. The van der Waals surface area contributed by atoms with Gasteiger partial charge in [0.15, 0.2) is 0 Å². The second-order valence-corrected chi connectivity index (χ2v) is 15.6. The zero-order valence-corrected chi connectivity index (χ0v) is 22.5. The lowest BCUT2D eigenvalue weighted by molar-refractivity contribution is -0.139. The molecule has 2 aromatic rings. The van der Waals surface area contributed by atoms with Crippen molar-refractivity contribution in [2.75, 3.05) is 25.0 Å². The molecule has 1 aromatic heterocycles. The van der Waals surface area contributed by atoms with Crippen LogP contribution in [0.4, 0.5) is 28.0 Å². The first-order chi connectivity index (χ1) is 18.2. The van der Waals surface area contributed by atoms with Crippen molar-refractivity contribution in [2.45, 2.75) is 45.1 Å². The molecular formula is C25H28F4N4O5Si. The molecular weight excluding hydrogens is 540 g/mol. The number of alkyl halides is 2. The second-order valence-electron chi connectivity index (χ2n) is 10.6. The van der Waals surface area contributed by atoms with Crippen molar-refractivity contribution in [2.24, 2.45) is 5.92 Å². The Kier molecular flexibility index (Phi) is 7.86. The van der Waals surface area contributed by atoms with E-state index in [9.17, 15) is 31.9 Å². The van der Waals surface area contributed by atoms with Crippen molar-refractivity contribution in [1.29, 1.82) is 0 Å². The highest BCUT2D eigenvalue weighted by atomic mass is 28.3. The van der Waals surface area contributed by atoms with Crippen molar-refractivity contribution in [1.82, 2.24) is 14.8 Å². The lowest BCUT2D eigenvalue weighted by atomic mass is 9.94. The van der Waals surface area contributed by atoms with E-state index in [0.29, 0.717) is 0 Å². The van der Waals surface area contributed by atoms with Crippen LogP contribution in [0.3, 0.4) is 0 Å². The highest BCUT2D eigenvalue weighted by molar-refractivity contribution is 6.88. The summed E-state index contributed by atoms with van der Waals surface area (Å²) >= 11 is 0. The van der Waals surface area contributed by atoms with Crippen molar-refractivity contribution < 1.29 is 41.8 Å². The zero-order chi connectivity index (χ0) is 28.6. The Balaban J connectivity index is 1.63. The quantitative estimate of drug-likeness (QED) is 0.390. The van der Waals surface area contributed by atoms with Crippen LogP contribution in [0.1, 0.15) is 23.7 Å². The fourth-order valence-corrected chi connectivity index (χ4v) is 6.54. The average Bonchev–Trinajstić information content (AvgIpc) is 2.77. The number of fused-ring (bicyclic) bond motifs is 1. The van der Waals surface area contributed by atoms with Gasteiger partial charge in [0.25, 0.3) is 5.91 Å². The summed E-state index contributed by atoms with van der Waals surface area (Å²) in [4.78, 5) is 44.6. The maximum Gasteiger partial charge on any atom is 0.388 e. The van der Waals surface area contributed by atoms with Crippen LogP contribution in [0.25, 0.3) is 0 Å². The number of carbonyl (C=O) groups excluding carboxylic acids is 2. The number of halogens is 4. The number of aliphatic carboxylic acids is 1. The van der Waals surface area contributed by atoms with Gasteiger partial charge in [-0.15, -0.1) is 0 Å². The lowest BCUT2D eigenvalue weighted by Crippen LogP contribution is -2.58. The van der Waals surface area contributed by atoms with Crippen LogP contribution >= 0.6 is 0 Å². The normalized spacial score (nSPS) is 17.5. The molecule has 1 aromatic carbocycles. The van der Waals surface area contributed by atoms with Crippen LogP contribution in [0.15, 0.2) is 24.3 Å². The van der Waals surface area contributed by atoms with Crippen LogP contribution in [0.2, 0.25) is 19.6 Å². The number of nitrogens with one attached hydrogen (secondary N) is 1. The number of aromatic nitrogens is 1. The minimum Gasteiger partial charge on any atom is -0.481 e. The van der Waals surface area contributed by atoms with Gasteiger partial charge >= 0.3 is 18.6 Å². The van der Waals surface area contributed by atoms with E-state index in [-0.39, 0.29) is 66.4 Å². The number of urea groups is 1. The predicted molar refractivity (Wildman–Crippen MR) is 135 cm³/mol. The number of benzene rings is 1. The van der Waals surface area contributed by atoms with Crippen molar-refractivity contribution in [3.05, 3.63) is 47.2 Å². The van der Waals surface area contributed by atoms with E-state index in [0.717, 1.165) is 18.2 Å². The minimum atomic E-state index is -3.11. The Morgan fingerprint density at radius 3 is 2.36 bits per heavy atom. The van der Waals surface area contributed by atoms with Crippen LogP contribution < -0.4 is 15.2 Å². The van der Waals surface area contributed by atoms with E-state index >= 15 is 0 Å². The molecule has 4 rings (SSSR count). The summed E-state index contributed by atoms with van der Waals surface area (Å²) in [7, 11) is -2.37. The number of amides is 3. The van der Waals surface area contributed by atoms with Crippen molar-refractivity contribution in [3.8, 4) is 5.88 Å². The minimum absolute atomic E-state index is 0.00751. The molecule has 0 radical (unpaired) electrons. The third-order valence-corrected chi connectivity index (χ3v) is 8.61. The molecule has 0 unspecified atom stereocenters. The number of ether oxygens (including phenoxy) is 1. The first kappa shape index (κ1) is 28.3. The number of hydrogen-bond acceptors (Lipinski definition) is 5. The maximum atomic E-state index is 14.8. The molecule has 9 nitrogen and oxygen atoms in total. The van der Waals surface area contributed by atoms with Crippen molar-refractivity contribution in [3.63, 3.8) is 0 Å². The van der Waals surface area contributed by atoms with Gasteiger partial charge in [-0.2, -0.15) is 8.78 Å². The summed E-state index contributed by atoms with van der Waals surface area (Å²) in [6.45, 7) is 2.62. The van der Waals surface area contributed by atoms with Crippen LogP contribution in [0, 0.1) is 17.6 Å². The van der Waals surface area contributed by atoms with Crippen LogP contribution in [-0.4, -0.2) is 72.1 Å². The van der Waals surface area contributed by atoms with Gasteiger partial charge in [-0.3, -0.25) is 9.59 Å². The molecule has 2 N–H and O–H groups in total. The fourth-order valence-electron chi connectivity index (χ4n) is 4.97. The van der Waals surface area contributed by atoms with E-state index in [1.54, 1.807) is 19.6 Å². The molecule has 2 aliphatic heterocycles. The Morgan fingerprint density at radius 1 is 1.15 bits per heavy atom. The molecule has 0 bridgehead atoms. The Bertz CT molecular complexity index is 1280. The molecule has 0 spiro atoms. The molecule has 2 aliphatic rings. The lowest BCUT2D eigenvalue weighted by Gasteiger charge is -2.44. The molecule has 39 heavy (non-hydrogen) atoms. The summed E-state index contributed by atoms with van der Waals surface area (Å²) in [5.74, 6) is -3.92. The van der Waals surface area contributed by atoms with Gasteiger partial charge in [0, 0.05) is 54.5 Å². The summed E-state index contributed by atoms with van der Waals surface area (Å²) in [6, 6.07) is 2.72. The Morgan fingerprint density at radius 2 is 1.79 bits per heavy atom. The molecule has 1 saturated heterocycles. The monoisotopic (exact) mass is 568 g/mol. The Hall–Kier alpha value is -3.68. The van der Waals surface area contributed by atoms with Gasteiger partial charge in [0.2, 0.25) is 5.88 Å². The zero-order valence-electron chi connectivity index (χ0n) is 21.5. The highest BCUT2D eigenvalue weighted by Crippen LogP contribution is 2.34. The van der Waals surface area contributed by atoms with Crippen LogP contribution in [-0.2, 0) is 16.0 Å². The standard InChI is InChI=1S/C25H28F4N4O5Si/c1-39(2,3)22-16(26)9-14(10-17(22)27)30-23(36)21-15-4-5-19(38-24(28)29)31-18(15)6-7-33(21)25(37)32-11-13(12-32)8-20(34)35/h4-5,9-10,13,21,24H,6-8,11-12H2,1-3H3,(H,30,36)(H,34,35)/t21-/m1/s1. The number of anilines is 1. The molecule has 1 fully saturated rings. The van der Waals surface area contributed by atoms with Gasteiger partial charge in [-0.25, -0.2) is 18.6 Å². The number of nitrogens with zero attached hydrogens (tertiary/aromatic N) is 3. The van der Waals surface area contributed by atoms with E-state index in [1.807, 2.05) is 0 Å². The third kappa shape index (κ3) is 6.15. The Labute approximate surface area is 222 Å². The van der Waals surface area contributed by atoms with E-state index in [1.165, 1.54) is 15.9 Å². The number of carboxylic acids is 1. The number of likely N-dealkylation sites (tertiary alicyclic amines) is 1. The number of hydrogen-bond donors (Lipinski definition) is 2. The molecule has 1 atom stereocenters. The molecule has 3 amide bonds. The topological polar surface area (TPSA) is 112 Å². The second kappa shape index (κ2) is 10.8. The smallest absolute Gasteiger partial charge is 0.388 e. The summed E-state index contributed by atoms with van der Waals surface area (Å²) in [5, 5.41) is 11.5.